The van der Waals surface area contributed by atoms with Crippen molar-refractivity contribution in [2.24, 2.45) is 0 Å². The monoisotopic (exact) mass is 395 g/mol. The Labute approximate surface area is 167 Å². The van der Waals surface area contributed by atoms with Crippen LogP contribution in [0.1, 0.15) is 15.9 Å². The third-order valence-corrected chi connectivity index (χ3v) is 4.09. The summed E-state index contributed by atoms with van der Waals surface area (Å²) < 4.78 is 15.7. The van der Waals surface area contributed by atoms with Gasteiger partial charge in [0.15, 0.2) is 0 Å². The van der Waals surface area contributed by atoms with Crippen molar-refractivity contribution < 1.29 is 23.5 Å². The van der Waals surface area contributed by atoms with Gasteiger partial charge in [-0.2, -0.15) is 0 Å². The Morgan fingerprint density at radius 2 is 1.59 bits per heavy atom. The summed E-state index contributed by atoms with van der Waals surface area (Å²) in [6.45, 7) is 0.313. The van der Waals surface area contributed by atoms with Gasteiger partial charge < -0.3 is 29.8 Å². The van der Waals surface area contributed by atoms with E-state index in [4.69, 9.17) is 13.9 Å². The zero-order chi connectivity index (χ0) is 20.6. The van der Waals surface area contributed by atoms with Gasteiger partial charge >= 0.3 is 6.03 Å². The van der Waals surface area contributed by atoms with Crippen molar-refractivity contribution in [3.8, 4) is 11.5 Å². The summed E-state index contributed by atoms with van der Waals surface area (Å²) >= 11 is 0. The summed E-state index contributed by atoms with van der Waals surface area (Å²) in [7, 11) is 2.95. The van der Waals surface area contributed by atoms with Crippen LogP contribution >= 0.6 is 0 Å². The Morgan fingerprint density at radius 1 is 0.931 bits per heavy atom. The van der Waals surface area contributed by atoms with Crippen molar-refractivity contribution in [3.63, 3.8) is 0 Å². The van der Waals surface area contributed by atoms with Crippen LogP contribution in [0.2, 0.25) is 0 Å². The third kappa shape index (κ3) is 5.07. The second-order valence-electron chi connectivity index (χ2n) is 6.01. The summed E-state index contributed by atoms with van der Waals surface area (Å²) in [5.41, 5.74) is 2.16. The lowest BCUT2D eigenvalue weighted by atomic mass is 10.2. The largest absolute Gasteiger partial charge is 0.494 e. The van der Waals surface area contributed by atoms with E-state index in [9.17, 15) is 9.59 Å². The number of nitrogens with one attached hydrogen (secondary N) is 3. The van der Waals surface area contributed by atoms with Crippen LogP contribution in [0.25, 0.3) is 0 Å². The van der Waals surface area contributed by atoms with E-state index >= 15 is 0 Å². The van der Waals surface area contributed by atoms with E-state index < -0.39 is 6.03 Å². The molecule has 0 atom stereocenters. The Balaban J connectivity index is 1.75. The summed E-state index contributed by atoms with van der Waals surface area (Å²) in [4.78, 5) is 24.7. The van der Waals surface area contributed by atoms with Gasteiger partial charge in [0.2, 0.25) is 0 Å². The van der Waals surface area contributed by atoms with Crippen LogP contribution in [-0.2, 0) is 6.54 Å². The van der Waals surface area contributed by atoms with E-state index in [0.29, 0.717) is 35.0 Å². The Morgan fingerprint density at radius 3 is 2.17 bits per heavy atom. The van der Waals surface area contributed by atoms with E-state index in [-0.39, 0.29) is 5.91 Å². The zero-order valence-electron chi connectivity index (χ0n) is 16.0. The minimum absolute atomic E-state index is 0.287. The first kappa shape index (κ1) is 19.8. The normalized spacial score (nSPS) is 10.1. The number of amides is 3. The van der Waals surface area contributed by atoms with Crippen molar-refractivity contribution >= 4 is 23.3 Å². The predicted octanol–water partition coefficient (Wildman–Crippen LogP) is 3.87. The number of rotatable bonds is 7. The van der Waals surface area contributed by atoms with Gasteiger partial charge in [-0.25, -0.2) is 4.79 Å². The first-order chi connectivity index (χ1) is 14.1. The lowest BCUT2D eigenvalue weighted by Gasteiger charge is -2.16. The van der Waals surface area contributed by atoms with E-state index in [1.807, 2.05) is 6.07 Å². The highest BCUT2D eigenvalue weighted by molar-refractivity contribution is 6.05. The SMILES string of the molecule is COc1cc(NC(=O)c2ccccc2)c(OC)cc1NC(=O)NCc1ccoc1. The second kappa shape index (κ2) is 9.32. The average Bonchev–Trinajstić information content (AvgIpc) is 3.27. The maximum atomic E-state index is 12.4. The summed E-state index contributed by atoms with van der Waals surface area (Å²) in [5, 5.41) is 8.22. The number of hydrogen-bond acceptors (Lipinski definition) is 5. The first-order valence-electron chi connectivity index (χ1n) is 8.79. The minimum Gasteiger partial charge on any atom is -0.494 e. The number of anilines is 2. The summed E-state index contributed by atoms with van der Waals surface area (Å²) in [6, 6.07) is 13.3. The molecule has 0 aliphatic carbocycles. The zero-order valence-corrected chi connectivity index (χ0v) is 16.0. The molecule has 0 fully saturated rings. The molecule has 0 saturated carbocycles. The molecule has 0 radical (unpaired) electrons. The van der Waals surface area contributed by atoms with Crippen LogP contribution < -0.4 is 25.4 Å². The number of urea groups is 1. The lowest BCUT2D eigenvalue weighted by molar-refractivity contribution is 0.102. The van der Waals surface area contributed by atoms with Gasteiger partial charge in [-0.05, 0) is 18.2 Å². The minimum atomic E-state index is -0.423. The van der Waals surface area contributed by atoms with Gasteiger partial charge in [0, 0.05) is 29.8 Å². The Kier molecular flexibility index (Phi) is 6.36. The summed E-state index contributed by atoms with van der Waals surface area (Å²) in [6.07, 6.45) is 3.08. The molecular weight excluding hydrogens is 374 g/mol. The molecule has 8 nitrogen and oxygen atoms in total. The molecule has 1 aromatic heterocycles. The highest BCUT2D eigenvalue weighted by atomic mass is 16.5. The van der Waals surface area contributed by atoms with Gasteiger partial charge in [-0.15, -0.1) is 0 Å². The molecule has 0 aliphatic rings. The molecule has 3 amide bonds. The van der Waals surface area contributed by atoms with E-state index in [0.717, 1.165) is 5.56 Å². The molecule has 0 spiro atoms. The van der Waals surface area contributed by atoms with Gasteiger partial charge in [0.25, 0.3) is 5.91 Å². The number of carbonyl (C=O) groups is 2. The van der Waals surface area contributed by atoms with Crippen molar-refractivity contribution in [3.05, 3.63) is 72.2 Å². The Hall–Kier alpha value is -3.94. The van der Waals surface area contributed by atoms with Crippen molar-refractivity contribution in [1.29, 1.82) is 0 Å². The van der Waals surface area contributed by atoms with Gasteiger partial charge in [0.1, 0.15) is 11.5 Å². The molecule has 3 rings (SSSR count). The number of carbonyl (C=O) groups excluding carboxylic acids is 2. The molecule has 150 valence electrons. The molecule has 29 heavy (non-hydrogen) atoms. The maximum absolute atomic E-state index is 12.4. The molecule has 3 aromatic rings. The first-order valence-corrected chi connectivity index (χ1v) is 8.79. The third-order valence-electron chi connectivity index (χ3n) is 4.09. The highest BCUT2D eigenvalue weighted by Gasteiger charge is 2.16. The smallest absolute Gasteiger partial charge is 0.319 e. The number of benzene rings is 2. The van der Waals surface area contributed by atoms with E-state index in [1.165, 1.54) is 20.5 Å². The van der Waals surface area contributed by atoms with Crippen LogP contribution in [0, 0.1) is 0 Å². The molecule has 1 heterocycles. The highest BCUT2D eigenvalue weighted by Crippen LogP contribution is 2.36. The van der Waals surface area contributed by atoms with Crippen molar-refractivity contribution in [1.82, 2.24) is 5.32 Å². The van der Waals surface area contributed by atoms with Crippen LogP contribution in [0.4, 0.5) is 16.2 Å². The van der Waals surface area contributed by atoms with Crippen LogP contribution in [0.3, 0.4) is 0 Å². The van der Waals surface area contributed by atoms with Gasteiger partial charge in [-0.1, -0.05) is 18.2 Å². The summed E-state index contributed by atoms with van der Waals surface area (Å²) in [5.74, 6) is 0.456. The number of furan rings is 1. The fourth-order valence-electron chi connectivity index (χ4n) is 2.62. The van der Waals surface area contributed by atoms with E-state index in [2.05, 4.69) is 16.0 Å². The second-order valence-corrected chi connectivity index (χ2v) is 6.01. The van der Waals surface area contributed by atoms with Crippen molar-refractivity contribution in [2.45, 2.75) is 6.54 Å². The molecule has 0 bridgehead atoms. The molecule has 0 unspecified atom stereocenters. The molecular formula is C21H21N3O5. The van der Waals surface area contributed by atoms with E-state index in [1.54, 1.807) is 48.7 Å². The Bertz CT molecular complexity index is 971. The molecule has 0 aliphatic heterocycles. The molecule has 0 saturated heterocycles. The number of ether oxygens (including phenoxy) is 2. The molecule has 2 aromatic carbocycles. The van der Waals surface area contributed by atoms with Gasteiger partial charge in [-0.3, -0.25) is 4.79 Å². The fraction of sp³-hybridized carbons (Fsp3) is 0.143. The quantitative estimate of drug-likeness (QED) is 0.564. The van der Waals surface area contributed by atoms with Crippen LogP contribution in [0.15, 0.2) is 65.5 Å². The number of hydrogen-bond donors (Lipinski definition) is 3. The number of methoxy groups -OCH3 is 2. The van der Waals surface area contributed by atoms with Crippen LogP contribution in [-0.4, -0.2) is 26.2 Å². The standard InChI is InChI=1S/C21H21N3O5/c1-27-18-11-17(24-21(26)22-12-14-8-9-29-13-14)19(28-2)10-16(18)23-20(25)15-6-4-3-5-7-15/h3-11,13H,12H2,1-2H3,(H,23,25)(H2,22,24,26). The predicted molar refractivity (Wildman–Crippen MR) is 109 cm³/mol. The molecule has 8 heteroatoms. The van der Waals surface area contributed by atoms with Crippen molar-refractivity contribution in [2.75, 3.05) is 24.9 Å². The lowest BCUT2D eigenvalue weighted by Crippen LogP contribution is -2.28. The fourth-order valence-corrected chi connectivity index (χ4v) is 2.62. The van der Waals surface area contributed by atoms with Crippen LogP contribution in [0.5, 0.6) is 11.5 Å². The maximum Gasteiger partial charge on any atom is 0.319 e. The van der Waals surface area contributed by atoms with Gasteiger partial charge in [0.05, 0.1) is 38.1 Å². The average molecular weight is 395 g/mol. The topological polar surface area (TPSA) is 102 Å². The molecule has 3 N–H and O–H groups in total.